The molecule has 2 fully saturated rings. The Morgan fingerprint density at radius 2 is 1.62 bits per heavy atom. The van der Waals surface area contributed by atoms with Crippen LogP contribution in [0.15, 0.2) is 30.6 Å². The van der Waals surface area contributed by atoms with E-state index in [-0.39, 0.29) is 5.91 Å². The molecule has 2 saturated heterocycles. The first-order valence-corrected chi connectivity index (χ1v) is 10.4. The molecule has 0 unspecified atom stereocenters. The predicted octanol–water partition coefficient (Wildman–Crippen LogP) is 2.15. The van der Waals surface area contributed by atoms with Gasteiger partial charge in [-0.2, -0.15) is 0 Å². The van der Waals surface area contributed by atoms with Gasteiger partial charge in [0.2, 0.25) is 0 Å². The van der Waals surface area contributed by atoms with E-state index in [9.17, 15) is 4.79 Å². The summed E-state index contributed by atoms with van der Waals surface area (Å²) in [4.78, 5) is 30.4. The van der Waals surface area contributed by atoms with Crippen LogP contribution in [0, 0.1) is 6.92 Å². The first-order valence-electron chi connectivity index (χ1n) is 10.1. The zero-order valence-electron chi connectivity index (χ0n) is 17.0. The van der Waals surface area contributed by atoms with E-state index in [2.05, 4.69) is 38.6 Å². The molecule has 154 valence electrons. The van der Waals surface area contributed by atoms with Crippen LogP contribution in [-0.4, -0.2) is 85.1 Å². The second-order valence-corrected chi connectivity index (χ2v) is 8.20. The van der Waals surface area contributed by atoms with Crippen molar-refractivity contribution in [2.45, 2.75) is 6.92 Å². The Balaban J connectivity index is 1.41. The summed E-state index contributed by atoms with van der Waals surface area (Å²) in [6.45, 7) is 8.81. The number of hydrogen-bond acceptors (Lipinski definition) is 6. The van der Waals surface area contributed by atoms with E-state index in [0.29, 0.717) is 18.8 Å². The van der Waals surface area contributed by atoms with Crippen molar-refractivity contribution in [3.63, 3.8) is 0 Å². The van der Waals surface area contributed by atoms with Crippen molar-refractivity contribution in [1.82, 2.24) is 19.8 Å². The third-order valence-corrected chi connectivity index (χ3v) is 6.01. The van der Waals surface area contributed by atoms with Gasteiger partial charge in [0.15, 0.2) is 0 Å². The fourth-order valence-electron chi connectivity index (χ4n) is 3.91. The normalized spacial score (nSPS) is 18.2. The molecule has 0 radical (unpaired) electrons. The maximum atomic E-state index is 13.0. The summed E-state index contributed by atoms with van der Waals surface area (Å²) in [7, 11) is 2.12. The molecule has 1 aromatic carbocycles. The van der Waals surface area contributed by atoms with E-state index in [1.165, 1.54) is 11.9 Å². The van der Waals surface area contributed by atoms with E-state index < -0.39 is 0 Å². The minimum Gasteiger partial charge on any atom is -0.368 e. The number of carbonyl (C=O) groups is 1. The molecule has 29 heavy (non-hydrogen) atoms. The lowest BCUT2D eigenvalue weighted by atomic mass is 10.1. The lowest BCUT2D eigenvalue weighted by Crippen LogP contribution is -2.49. The molecule has 2 aliphatic heterocycles. The van der Waals surface area contributed by atoms with Gasteiger partial charge in [-0.1, -0.05) is 17.7 Å². The van der Waals surface area contributed by atoms with Gasteiger partial charge in [0.05, 0.1) is 0 Å². The monoisotopic (exact) mass is 414 g/mol. The minimum atomic E-state index is -0.0229. The van der Waals surface area contributed by atoms with Crippen molar-refractivity contribution in [2.75, 3.05) is 69.2 Å². The molecule has 4 rings (SSSR count). The molecule has 0 bridgehead atoms. The van der Waals surface area contributed by atoms with E-state index >= 15 is 0 Å². The number of likely N-dealkylation sites (N-methyl/N-ethyl adjacent to an activating group) is 1. The predicted molar refractivity (Wildman–Crippen MR) is 116 cm³/mol. The zero-order valence-corrected chi connectivity index (χ0v) is 17.8. The number of halogens is 1. The Hall–Kier alpha value is -2.38. The van der Waals surface area contributed by atoms with Crippen LogP contribution in [0.4, 0.5) is 11.5 Å². The second-order valence-electron chi connectivity index (χ2n) is 7.76. The molecular formula is C21H27ClN6O. The standard InChI is InChI=1S/C21H27ClN6O/c1-16-3-4-17(22)13-19(16)26-9-11-28(12-10-26)21(29)18-14-20(24-15-23-18)27-7-5-25(2)6-8-27/h3-4,13-15H,5-12H2,1-2H3. The molecule has 7 nitrogen and oxygen atoms in total. The Morgan fingerprint density at radius 1 is 0.931 bits per heavy atom. The summed E-state index contributed by atoms with van der Waals surface area (Å²) < 4.78 is 0. The van der Waals surface area contributed by atoms with E-state index in [0.717, 1.165) is 55.8 Å². The van der Waals surface area contributed by atoms with Crippen molar-refractivity contribution in [1.29, 1.82) is 0 Å². The average molecular weight is 415 g/mol. The van der Waals surface area contributed by atoms with Crippen molar-refractivity contribution in [3.05, 3.63) is 46.9 Å². The number of nitrogens with zero attached hydrogens (tertiary/aromatic N) is 6. The first-order chi connectivity index (χ1) is 14.0. The molecular weight excluding hydrogens is 388 g/mol. The van der Waals surface area contributed by atoms with Gasteiger partial charge >= 0.3 is 0 Å². The maximum absolute atomic E-state index is 13.0. The Morgan fingerprint density at radius 3 is 2.34 bits per heavy atom. The van der Waals surface area contributed by atoms with Crippen LogP contribution in [-0.2, 0) is 0 Å². The van der Waals surface area contributed by atoms with Gasteiger partial charge in [0.25, 0.3) is 5.91 Å². The lowest BCUT2D eigenvalue weighted by molar-refractivity contribution is 0.0740. The van der Waals surface area contributed by atoms with Crippen molar-refractivity contribution in [3.8, 4) is 0 Å². The number of piperazine rings is 2. The number of aryl methyl sites for hydroxylation is 1. The van der Waals surface area contributed by atoms with E-state index in [4.69, 9.17) is 11.6 Å². The van der Waals surface area contributed by atoms with Gasteiger partial charge in [0.1, 0.15) is 17.8 Å². The number of hydrogen-bond donors (Lipinski definition) is 0. The largest absolute Gasteiger partial charge is 0.368 e. The number of aromatic nitrogens is 2. The lowest BCUT2D eigenvalue weighted by Gasteiger charge is -2.37. The fourth-order valence-corrected chi connectivity index (χ4v) is 4.07. The molecule has 0 N–H and O–H groups in total. The highest BCUT2D eigenvalue weighted by atomic mass is 35.5. The third-order valence-electron chi connectivity index (χ3n) is 5.78. The minimum absolute atomic E-state index is 0.0229. The van der Waals surface area contributed by atoms with Gasteiger partial charge in [0, 0.05) is 69.1 Å². The van der Waals surface area contributed by atoms with Crippen molar-refractivity contribution >= 4 is 29.0 Å². The summed E-state index contributed by atoms with van der Waals surface area (Å²) in [5.74, 6) is 0.815. The van der Waals surface area contributed by atoms with Gasteiger partial charge in [-0.3, -0.25) is 4.79 Å². The van der Waals surface area contributed by atoms with E-state index in [1.807, 2.05) is 29.2 Å². The number of anilines is 2. The van der Waals surface area contributed by atoms with Crippen LogP contribution in [0.3, 0.4) is 0 Å². The Kier molecular flexibility index (Phi) is 5.87. The highest BCUT2D eigenvalue weighted by molar-refractivity contribution is 6.30. The topological polar surface area (TPSA) is 55.8 Å². The van der Waals surface area contributed by atoms with Crippen LogP contribution in [0.25, 0.3) is 0 Å². The van der Waals surface area contributed by atoms with Crippen LogP contribution in [0.2, 0.25) is 5.02 Å². The molecule has 0 atom stereocenters. The van der Waals surface area contributed by atoms with E-state index in [1.54, 1.807) is 0 Å². The molecule has 2 aromatic rings. The summed E-state index contributed by atoms with van der Waals surface area (Å²) in [6.07, 6.45) is 1.51. The summed E-state index contributed by atoms with van der Waals surface area (Å²) in [5, 5.41) is 0.738. The zero-order chi connectivity index (χ0) is 20.4. The number of carbonyl (C=O) groups excluding carboxylic acids is 1. The average Bonchev–Trinajstić information content (AvgIpc) is 2.76. The van der Waals surface area contributed by atoms with Gasteiger partial charge in [-0.15, -0.1) is 0 Å². The van der Waals surface area contributed by atoms with Gasteiger partial charge in [-0.25, -0.2) is 9.97 Å². The number of amides is 1. The van der Waals surface area contributed by atoms with Crippen LogP contribution in [0.5, 0.6) is 0 Å². The van der Waals surface area contributed by atoms with Crippen molar-refractivity contribution < 1.29 is 4.79 Å². The summed E-state index contributed by atoms with van der Waals surface area (Å²) in [6, 6.07) is 7.78. The first kappa shape index (κ1) is 19.9. The molecule has 0 spiro atoms. The van der Waals surface area contributed by atoms with Crippen LogP contribution in [0.1, 0.15) is 16.1 Å². The quantitative estimate of drug-likeness (QED) is 0.767. The van der Waals surface area contributed by atoms with Crippen LogP contribution >= 0.6 is 11.6 Å². The van der Waals surface area contributed by atoms with Crippen LogP contribution < -0.4 is 9.80 Å². The SMILES string of the molecule is Cc1ccc(Cl)cc1N1CCN(C(=O)c2cc(N3CCN(C)CC3)ncn2)CC1. The van der Waals surface area contributed by atoms with Gasteiger partial charge in [-0.05, 0) is 31.7 Å². The Labute approximate surface area is 176 Å². The highest BCUT2D eigenvalue weighted by Gasteiger charge is 2.25. The second kappa shape index (κ2) is 8.55. The maximum Gasteiger partial charge on any atom is 0.272 e. The molecule has 8 heteroatoms. The summed E-state index contributed by atoms with van der Waals surface area (Å²) in [5.41, 5.74) is 2.81. The molecule has 3 heterocycles. The number of rotatable bonds is 3. The smallest absolute Gasteiger partial charge is 0.272 e. The Bertz CT molecular complexity index is 875. The molecule has 1 amide bonds. The third kappa shape index (κ3) is 4.46. The fraction of sp³-hybridized carbons (Fsp3) is 0.476. The molecule has 1 aromatic heterocycles. The molecule has 0 saturated carbocycles. The van der Waals surface area contributed by atoms with Crippen molar-refractivity contribution in [2.24, 2.45) is 0 Å². The highest BCUT2D eigenvalue weighted by Crippen LogP contribution is 2.25. The summed E-state index contributed by atoms with van der Waals surface area (Å²) >= 11 is 6.17. The molecule has 2 aliphatic rings. The van der Waals surface area contributed by atoms with Gasteiger partial charge < -0.3 is 19.6 Å². The molecule has 0 aliphatic carbocycles. The number of benzene rings is 1.